The van der Waals surface area contributed by atoms with Crippen LogP contribution >= 0.6 is 0 Å². The van der Waals surface area contributed by atoms with E-state index in [1.165, 1.54) is 0 Å². The van der Waals surface area contributed by atoms with Crippen LogP contribution in [-0.4, -0.2) is 43.1 Å². The monoisotopic (exact) mass is 354 g/mol. The molecule has 2 aromatic rings. The second kappa shape index (κ2) is 8.09. The highest BCUT2D eigenvalue weighted by Crippen LogP contribution is 2.32. The van der Waals surface area contributed by atoms with E-state index in [1.54, 1.807) is 12.1 Å². The fraction of sp³-hybridized carbons (Fsp3) is 0.350. The van der Waals surface area contributed by atoms with E-state index in [4.69, 9.17) is 19.5 Å². The Morgan fingerprint density at radius 2 is 2.04 bits per heavy atom. The van der Waals surface area contributed by atoms with Crippen LogP contribution in [0, 0.1) is 18.3 Å². The first-order valence-corrected chi connectivity index (χ1v) is 8.44. The molecule has 136 valence electrons. The number of aliphatic hydroxyl groups excluding tert-OH is 1. The molecule has 0 spiro atoms. The Hall–Kier alpha value is -2.75. The van der Waals surface area contributed by atoms with Crippen molar-refractivity contribution in [1.82, 2.24) is 4.90 Å². The maximum Gasteiger partial charge on any atom is 0.231 e. The van der Waals surface area contributed by atoms with Gasteiger partial charge in [0.25, 0.3) is 0 Å². The third kappa shape index (κ3) is 4.45. The van der Waals surface area contributed by atoms with Gasteiger partial charge < -0.3 is 19.3 Å². The van der Waals surface area contributed by atoms with Crippen molar-refractivity contribution in [1.29, 1.82) is 5.26 Å². The minimum Gasteiger partial charge on any atom is -0.491 e. The van der Waals surface area contributed by atoms with Gasteiger partial charge in [-0.2, -0.15) is 5.26 Å². The zero-order chi connectivity index (χ0) is 18.5. The smallest absolute Gasteiger partial charge is 0.231 e. The summed E-state index contributed by atoms with van der Waals surface area (Å²) in [5, 5.41) is 19.2. The molecule has 1 atom stereocenters. The molecule has 26 heavy (non-hydrogen) atoms. The summed E-state index contributed by atoms with van der Waals surface area (Å²) >= 11 is 0. The molecule has 0 radical (unpaired) electrons. The number of aryl methyl sites for hydroxylation is 1. The predicted molar refractivity (Wildman–Crippen MR) is 96.3 cm³/mol. The zero-order valence-electron chi connectivity index (χ0n) is 14.9. The van der Waals surface area contributed by atoms with Crippen LogP contribution < -0.4 is 14.2 Å². The first-order chi connectivity index (χ1) is 12.5. The first-order valence-electron chi connectivity index (χ1n) is 8.44. The fourth-order valence-corrected chi connectivity index (χ4v) is 2.84. The lowest BCUT2D eigenvalue weighted by Gasteiger charge is -2.21. The van der Waals surface area contributed by atoms with Crippen molar-refractivity contribution in [2.45, 2.75) is 19.6 Å². The van der Waals surface area contributed by atoms with Gasteiger partial charge in [0, 0.05) is 13.1 Å². The Balaban J connectivity index is 1.50. The quantitative estimate of drug-likeness (QED) is 0.823. The summed E-state index contributed by atoms with van der Waals surface area (Å²) in [4.78, 5) is 2.02. The minimum atomic E-state index is -0.640. The molecular weight excluding hydrogens is 332 g/mol. The van der Waals surface area contributed by atoms with E-state index < -0.39 is 6.10 Å². The van der Waals surface area contributed by atoms with Crippen LogP contribution in [-0.2, 0) is 6.54 Å². The van der Waals surface area contributed by atoms with Crippen LogP contribution in [0.25, 0.3) is 0 Å². The molecule has 3 rings (SSSR count). The number of benzene rings is 2. The molecule has 0 aromatic heterocycles. The maximum absolute atomic E-state index is 10.3. The molecule has 1 aliphatic heterocycles. The fourth-order valence-electron chi connectivity index (χ4n) is 2.84. The van der Waals surface area contributed by atoms with Crippen LogP contribution in [0.5, 0.6) is 17.2 Å². The molecule has 0 fully saturated rings. The number of fused-ring (bicyclic) bond motifs is 1. The van der Waals surface area contributed by atoms with E-state index in [0.29, 0.717) is 24.4 Å². The van der Waals surface area contributed by atoms with Gasteiger partial charge in [0.2, 0.25) is 6.79 Å². The minimum absolute atomic E-state index is 0.168. The Kier molecular flexibility index (Phi) is 5.61. The van der Waals surface area contributed by atoms with E-state index in [1.807, 2.05) is 43.1 Å². The third-order valence-electron chi connectivity index (χ3n) is 4.16. The van der Waals surface area contributed by atoms with Crippen LogP contribution in [0.3, 0.4) is 0 Å². The highest BCUT2D eigenvalue weighted by Gasteiger charge is 2.15. The Morgan fingerprint density at radius 1 is 1.23 bits per heavy atom. The van der Waals surface area contributed by atoms with Crippen molar-refractivity contribution in [3.8, 4) is 23.3 Å². The van der Waals surface area contributed by atoms with Gasteiger partial charge in [-0.3, -0.25) is 4.90 Å². The van der Waals surface area contributed by atoms with Crippen molar-refractivity contribution < 1.29 is 19.3 Å². The molecule has 0 aliphatic carbocycles. The van der Waals surface area contributed by atoms with Crippen molar-refractivity contribution in [3.05, 3.63) is 53.1 Å². The van der Waals surface area contributed by atoms with E-state index in [9.17, 15) is 5.11 Å². The number of rotatable bonds is 7. The van der Waals surface area contributed by atoms with Crippen LogP contribution in [0.1, 0.15) is 16.7 Å². The molecule has 0 unspecified atom stereocenters. The summed E-state index contributed by atoms with van der Waals surface area (Å²) in [6, 6.07) is 13.2. The van der Waals surface area contributed by atoms with Crippen molar-refractivity contribution in [2.24, 2.45) is 0 Å². The Morgan fingerprint density at radius 3 is 2.85 bits per heavy atom. The molecule has 6 heteroatoms. The molecular formula is C20H22N2O4. The second-order valence-electron chi connectivity index (χ2n) is 6.44. The van der Waals surface area contributed by atoms with E-state index in [2.05, 4.69) is 6.07 Å². The Bertz CT molecular complexity index is 816. The van der Waals surface area contributed by atoms with E-state index >= 15 is 0 Å². The summed E-state index contributed by atoms with van der Waals surface area (Å²) < 4.78 is 16.4. The summed E-state index contributed by atoms with van der Waals surface area (Å²) in [5.74, 6) is 2.15. The van der Waals surface area contributed by atoms with Crippen LogP contribution in [0.4, 0.5) is 0 Å². The average molecular weight is 354 g/mol. The topological polar surface area (TPSA) is 75.0 Å². The normalized spacial score (nSPS) is 13.5. The third-order valence-corrected chi connectivity index (χ3v) is 4.16. The van der Waals surface area contributed by atoms with Crippen LogP contribution in [0.2, 0.25) is 0 Å². The molecule has 0 saturated heterocycles. The lowest BCUT2D eigenvalue weighted by Crippen LogP contribution is -2.32. The van der Waals surface area contributed by atoms with Crippen molar-refractivity contribution in [2.75, 3.05) is 27.0 Å². The number of aliphatic hydroxyl groups is 1. The van der Waals surface area contributed by atoms with Gasteiger partial charge in [-0.05, 0) is 49.4 Å². The van der Waals surface area contributed by atoms with Gasteiger partial charge in [0.05, 0.1) is 11.6 Å². The number of nitrogens with zero attached hydrogens (tertiary/aromatic N) is 2. The standard InChI is InChI=1S/C20H22N2O4/c1-14-3-4-15(9-21)7-19(14)24-12-17(23)11-22(2)10-16-5-6-18-20(8-16)26-13-25-18/h3-8,17,23H,10-13H2,1-2H3/t17-/m1/s1. The SMILES string of the molecule is Cc1ccc(C#N)cc1OC[C@H](O)CN(C)Cc1ccc2c(c1)OCO2. The van der Waals surface area contributed by atoms with Gasteiger partial charge in [-0.15, -0.1) is 0 Å². The predicted octanol–water partition coefficient (Wildman–Crippen LogP) is 2.47. The molecule has 6 nitrogen and oxygen atoms in total. The molecule has 0 bridgehead atoms. The molecule has 0 amide bonds. The summed E-state index contributed by atoms with van der Waals surface area (Å²) in [5.41, 5.74) is 2.56. The van der Waals surface area contributed by atoms with E-state index in [-0.39, 0.29) is 13.4 Å². The molecule has 1 N–H and O–H groups in total. The van der Waals surface area contributed by atoms with E-state index in [0.717, 1.165) is 22.6 Å². The van der Waals surface area contributed by atoms with Gasteiger partial charge in [-0.1, -0.05) is 12.1 Å². The summed E-state index contributed by atoms with van der Waals surface area (Å²) in [7, 11) is 1.94. The lowest BCUT2D eigenvalue weighted by molar-refractivity contribution is 0.0741. The number of nitriles is 1. The largest absolute Gasteiger partial charge is 0.491 e. The van der Waals surface area contributed by atoms with Gasteiger partial charge in [-0.25, -0.2) is 0 Å². The first kappa shape index (κ1) is 18.1. The number of ether oxygens (including phenoxy) is 3. The highest BCUT2D eigenvalue weighted by atomic mass is 16.7. The lowest BCUT2D eigenvalue weighted by atomic mass is 10.1. The molecule has 0 saturated carbocycles. The second-order valence-corrected chi connectivity index (χ2v) is 6.44. The molecule has 1 heterocycles. The molecule has 2 aromatic carbocycles. The molecule has 1 aliphatic rings. The Labute approximate surface area is 153 Å². The summed E-state index contributed by atoms with van der Waals surface area (Å²) in [6.07, 6.45) is -0.640. The number of likely N-dealkylation sites (N-methyl/N-ethyl adjacent to an activating group) is 1. The number of hydrogen-bond acceptors (Lipinski definition) is 6. The number of hydrogen-bond donors (Lipinski definition) is 1. The van der Waals surface area contributed by atoms with Crippen LogP contribution in [0.15, 0.2) is 36.4 Å². The zero-order valence-corrected chi connectivity index (χ0v) is 14.9. The van der Waals surface area contributed by atoms with Crippen molar-refractivity contribution >= 4 is 0 Å². The summed E-state index contributed by atoms with van der Waals surface area (Å²) in [6.45, 7) is 3.48. The van der Waals surface area contributed by atoms with Crippen molar-refractivity contribution in [3.63, 3.8) is 0 Å². The average Bonchev–Trinajstić information content (AvgIpc) is 3.08. The highest BCUT2D eigenvalue weighted by molar-refractivity contribution is 5.44. The maximum atomic E-state index is 10.3. The van der Waals surface area contributed by atoms with Gasteiger partial charge >= 0.3 is 0 Å². The van der Waals surface area contributed by atoms with Gasteiger partial charge in [0.15, 0.2) is 11.5 Å². The van der Waals surface area contributed by atoms with Gasteiger partial charge in [0.1, 0.15) is 18.5 Å².